The molecule has 1 heterocycles. The van der Waals surface area contributed by atoms with Crippen molar-refractivity contribution < 1.29 is 0 Å². The van der Waals surface area contributed by atoms with Crippen LogP contribution in [0.5, 0.6) is 0 Å². The largest absolute Gasteiger partial charge is 0.322 e. The average Bonchev–Trinajstić information content (AvgIpc) is 2.75. The fourth-order valence-electron chi connectivity index (χ4n) is 1.79. The molecular formula is C13H15Cl2N3. The van der Waals surface area contributed by atoms with E-state index in [9.17, 15) is 0 Å². The number of imidazole rings is 1. The van der Waals surface area contributed by atoms with Crippen LogP contribution in [0.2, 0.25) is 10.0 Å². The molecule has 0 bridgehead atoms. The van der Waals surface area contributed by atoms with Gasteiger partial charge < -0.3 is 10.3 Å². The number of halogens is 2. The molecule has 2 aromatic rings. The van der Waals surface area contributed by atoms with Gasteiger partial charge in [-0.25, -0.2) is 4.98 Å². The average molecular weight is 284 g/mol. The number of aromatic nitrogens is 2. The van der Waals surface area contributed by atoms with Crippen LogP contribution in [0.4, 0.5) is 0 Å². The van der Waals surface area contributed by atoms with Crippen molar-refractivity contribution in [3.63, 3.8) is 0 Å². The van der Waals surface area contributed by atoms with E-state index >= 15 is 0 Å². The highest BCUT2D eigenvalue weighted by Gasteiger charge is 2.16. The van der Waals surface area contributed by atoms with Crippen LogP contribution in [0.3, 0.4) is 0 Å². The van der Waals surface area contributed by atoms with Gasteiger partial charge in [-0.15, -0.1) is 0 Å². The van der Waals surface area contributed by atoms with Crippen molar-refractivity contribution in [1.82, 2.24) is 9.55 Å². The SMILES string of the molecule is CC(C)C(N)c1cncn1-c1cc(Cl)cc(Cl)c1. The standard InChI is InChI=1S/C13H15Cl2N3/c1-8(2)13(16)12-6-17-7-18(12)11-4-9(14)3-10(15)5-11/h3-8,13H,16H2,1-2H3. The molecule has 0 radical (unpaired) electrons. The highest BCUT2D eigenvalue weighted by Crippen LogP contribution is 2.26. The molecule has 1 unspecified atom stereocenters. The molecule has 2 N–H and O–H groups in total. The number of nitrogens with zero attached hydrogens (tertiary/aromatic N) is 2. The first kappa shape index (κ1) is 13.4. The summed E-state index contributed by atoms with van der Waals surface area (Å²) in [6, 6.07) is 5.30. The normalized spacial score (nSPS) is 13.0. The fourth-order valence-corrected chi connectivity index (χ4v) is 2.30. The second-order valence-electron chi connectivity index (χ2n) is 4.59. The molecule has 96 valence electrons. The second kappa shape index (κ2) is 5.31. The van der Waals surface area contributed by atoms with Gasteiger partial charge in [-0.2, -0.15) is 0 Å². The van der Waals surface area contributed by atoms with Gasteiger partial charge in [0.25, 0.3) is 0 Å². The van der Waals surface area contributed by atoms with Gasteiger partial charge >= 0.3 is 0 Å². The Morgan fingerprint density at radius 2 is 1.78 bits per heavy atom. The zero-order valence-corrected chi connectivity index (χ0v) is 11.8. The van der Waals surface area contributed by atoms with E-state index in [2.05, 4.69) is 18.8 Å². The monoisotopic (exact) mass is 283 g/mol. The van der Waals surface area contributed by atoms with E-state index in [1.165, 1.54) is 0 Å². The van der Waals surface area contributed by atoms with Crippen molar-refractivity contribution in [1.29, 1.82) is 0 Å². The van der Waals surface area contributed by atoms with E-state index in [0.29, 0.717) is 16.0 Å². The first-order valence-electron chi connectivity index (χ1n) is 5.73. The third-order valence-electron chi connectivity index (χ3n) is 2.85. The molecule has 1 aromatic heterocycles. The Labute approximate surface area is 117 Å². The molecule has 0 amide bonds. The van der Waals surface area contributed by atoms with Gasteiger partial charge in [0.05, 0.1) is 18.2 Å². The number of rotatable bonds is 3. The molecule has 0 fully saturated rings. The van der Waals surface area contributed by atoms with Crippen molar-refractivity contribution >= 4 is 23.2 Å². The predicted molar refractivity (Wildman–Crippen MR) is 75.4 cm³/mol. The molecule has 1 atom stereocenters. The number of hydrogen-bond donors (Lipinski definition) is 1. The zero-order chi connectivity index (χ0) is 13.3. The number of benzene rings is 1. The Morgan fingerprint density at radius 1 is 1.17 bits per heavy atom. The lowest BCUT2D eigenvalue weighted by Gasteiger charge is -2.18. The van der Waals surface area contributed by atoms with Crippen molar-refractivity contribution in [3.8, 4) is 5.69 Å². The van der Waals surface area contributed by atoms with Gasteiger partial charge in [0.15, 0.2) is 0 Å². The van der Waals surface area contributed by atoms with Crippen molar-refractivity contribution in [3.05, 3.63) is 46.5 Å². The van der Waals surface area contributed by atoms with Gasteiger partial charge in [-0.05, 0) is 24.1 Å². The molecule has 0 aliphatic carbocycles. The first-order valence-corrected chi connectivity index (χ1v) is 6.49. The van der Waals surface area contributed by atoms with Gasteiger partial charge in [-0.3, -0.25) is 0 Å². The molecule has 1 aromatic carbocycles. The molecule has 0 spiro atoms. The van der Waals surface area contributed by atoms with Crippen LogP contribution in [0.25, 0.3) is 5.69 Å². The topological polar surface area (TPSA) is 43.8 Å². The van der Waals surface area contributed by atoms with Crippen molar-refractivity contribution in [2.24, 2.45) is 11.7 Å². The van der Waals surface area contributed by atoms with Crippen molar-refractivity contribution in [2.75, 3.05) is 0 Å². The molecule has 3 nitrogen and oxygen atoms in total. The maximum Gasteiger partial charge on any atom is 0.0994 e. The highest BCUT2D eigenvalue weighted by atomic mass is 35.5. The lowest BCUT2D eigenvalue weighted by atomic mass is 10.0. The Kier molecular flexibility index (Phi) is 3.95. The smallest absolute Gasteiger partial charge is 0.0994 e. The van der Waals surface area contributed by atoms with Crippen LogP contribution >= 0.6 is 23.2 Å². The summed E-state index contributed by atoms with van der Waals surface area (Å²) in [7, 11) is 0. The van der Waals surface area contributed by atoms with Crippen LogP contribution in [0.15, 0.2) is 30.7 Å². The number of nitrogens with two attached hydrogens (primary N) is 1. The molecule has 2 rings (SSSR count). The minimum atomic E-state index is -0.0785. The molecular weight excluding hydrogens is 269 g/mol. The summed E-state index contributed by atoms with van der Waals surface area (Å²) in [4.78, 5) is 4.16. The van der Waals surface area contributed by atoms with E-state index in [0.717, 1.165) is 11.4 Å². The predicted octanol–water partition coefficient (Wildman–Crippen LogP) is 3.83. The minimum Gasteiger partial charge on any atom is -0.322 e. The maximum absolute atomic E-state index is 6.17. The first-order chi connectivity index (χ1) is 8.49. The Balaban J connectivity index is 2.48. The van der Waals surface area contributed by atoms with Crippen molar-refractivity contribution in [2.45, 2.75) is 19.9 Å². The van der Waals surface area contributed by atoms with Crippen LogP contribution in [0, 0.1) is 5.92 Å². The summed E-state index contributed by atoms with van der Waals surface area (Å²) in [5.41, 5.74) is 7.99. The minimum absolute atomic E-state index is 0.0785. The van der Waals surface area contributed by atoms with Gasteiger partial charge in [0, 0.05) is 21.8 Å². The summed E-state index contributed by atoms with van der Waals surface area (Å²) >= 11 is 12.0. The van der Waals surface area contributed by atoms with Crippen LogP contribution in [-0.2, 0) is 0 Å². The lowest BCUT2D eigenvalue weighted by Crippen LogP contribution is -2.19. The third kappa shape index (κ3) is 2.69. The quantitative estimate of drug-likeness (QED) is 0.930. The molecule has 0 aliphatic heterocycles. The third-order valence-corrected chi connectivity index (χ3v) is 3.29. The zero-order valence-electron chi connectivity index (χ0n) is 10.3. The van der Waals surface area contributed by atoms with Crippen LogP contribution in [-0.4, -0.2) is 9.55 Å². The molecule has 0 aliphatic rings. The fraction of sp³-hybridized carbons (Fsp3) is 0.308. The second-order valence-corrected chi connectivity index (χ2v) is 5.46. The van der Waals surface area contributed by atoms with Gasteiger partial charge in [0.2, 0.25) is 0 Å². The van der Waals surface area contributed by atoms with E-state index in [-0.39, 0.29) is 6.04 Å². The molecule has 18 heavy (non-hydrogen) atoms. The van der Waals surface area contributed by atoms with E-state index < -0.39 is 0 Å². The lowest BCUT2D eigenvalue weighted by molar-refractivity contribution is 0.497. The van der Waals surface area contributed by atoms with Crippen LogP contribution < -0.4 is 5.73 Å². The Hall–Kier alpha value is -1.03. The molecule has 5 heteroatoms. The summed E-state index contributed by atoms with van der Waals surface area (Å²) < 4.78 is 1.92. The van der Waals surface area contributed by atoms with E-state index in [1.807, 2.05) is 16.7 Å². The summed E-state index contributed by atoms with van der Waals surface area (Å²) in [6.07, 6.45) is 3.50. The summed E-state index contributed by atoms with van der Waals surface area (Å²) in [5.74, 6) is 0.329. The summed E-state index contributed by atoms with van der Waals surface area (Å²) in [6.45, 7) is 4.15. The molecule has 0 saturated carbocycles. The Morgan fingerprint density at radius 3 is 2.33 bits per heavy atom. The van der Waals surface area contributed by atoms with Gasteiger partial charge in [0.1, 0.15) is 0 Å². The van der Waals surface area contributed by atoms with Gasteiger partial charge in [-0.1, -0.05) is 37.0 Å². The van der Waals surface area contributed by atoms with Crippen LogP contribution in [0.1, 0.15) is 25.6 Å². The Bertz CT molecular complexity index is 529. The summed E-state index contributed by atoms with van der Waals surface area (Å²) in [5, 5.41) is 1.19. The maximum atomic E-state index is 6.17. The van der Waals surface area contributed by atoms with E-state index in [1.54, 1.807) is 18.6 Å². The number of hydrogen-bond acceptors (Lipinski definition) is 2. The molecule has 0 saturated heterocycles. The van der Waals surface area contributed by atoms with E-state index in [4.69, 9.17) is 28.9 Å². The highest BCUT2D eigenvalue weighted by molar-refractivity contribution is 6.34.